The van der Waals surface area contributed by atoms with Crippen molar-refractivity contribution in [3.63, 3.8) is 0 Å². The third-order valence-electron chi connectivity index (χ3n) is 6.25. The summed E-state index contributed by atoms with van der Waals surface area (Å²) in [5, 5.41) is 6.56. The highest BCUT2D eigenvalue weighted by atomic mass is 19.1. The second kappa shape index (κ2) is 14.4. The number of unbranched alkanes of at least 4 members (excludes halogenated alkanes) is 9. The number of para-hydroxylation sites is 1. The predicted octanol–water partition coefficient (Wildman–Crippen LogP) is 8.19. The number of rotatable bonds is 15. The second-order valence-corrected chi connectivity index (χ2v) is 9.08. The summed E-state index contributed by atoms with van der Waals surface area (Å²) in [6.07, 6.45) is 13.3. The molecule has 1 aromatic heterocycles. The second-order valence-electron chi connectivity index (χ2n) is 9.08. The fraction of sp³-hybridized carbons (Fsp3) is 0.448. The van der Waals surface area contributed by atoms with Crippen molar-refractivity contribution in [3.8, 4) is 0 Å². The number of carbonyl (C=O) groups excluding carboxylic acids is 1. The van der Waals surface area contributed by atoms with Gasteiger partial charge in [0.1, 0.15) is 23.2 Å². The molecule has 0 aliphatic heterocycles. The lowest BCUT2D eigenvalue weighted by Gasteiger charge is -2.15. The maximum Gasteiger partial charge on any atom is 0.239 e. The molecule has 0 saturated carbocycles. The van der Waals surface area contributed by atoms with Gasteiger partial charge in [0, 0.05) is 6.07 Å². The molecular weight excluding hydrogens is 446 g/mol. The van der Waals surface area contributed by atoms with E-state index in [2.05, 4.69) is 17.4 Å². The minimum atomic E-state index is -0.871. The van der Waals surface area contributed by atoms with E-state index in [0.717, 1.165) is 37.1 Å². The van der Waals surface area contributed by atoms with E-state index in [0.29, 0.717) is 11.3 Å². The molecule has 3 aromatic rings. The number of benzene rings is 2. The molecule has 0 saturated heterocycles. The maximum absolute atomic E-state index is 14.1. The fourth-order valence-corrected chi connectivity index (χ4v) is 4.28. The van der Waals surface area contributed by atoms with E-state index in [-0.39, 0.29) is 0 Å². The van der Waals surface area contributed by atoms with Gasteiger partial charge < -0.3 is 9.84 Å². The van der Waals surface area contributed by atoms with Gasteiger partial charge >= 0.3 is 0 Å². The summed E-state index contributed by atoms with van der Waals surface area (Å²) < 4.78 is 33.8. The van der Waals surface area contributed by atoms with Crippen LogP contribution in [0.3, 0.4) is 0 Å². The Balaban J connectivity index is 1.56. The van der Waals surface area contributed by atoms with Crippen LogP contribution in [-0.2, 0) is 11.2 Å². The van der Waals surface area contributed by atoms with E-state index in [1.54, 1.807) is 30.3 Å². The molecule has 1 atom stereocenters. The summed E-state index contributed by atoms with van der Waals surface area (Å²) in [6, 6.07) is 14.3. The van der Waals surface area contributed by atoms with Crippen molar-refractivity contribution >= 4 is 11.6 Å². The molecule has 35 heavy (non-hydrogen) atoms. The first-order valence-electron chi connectivity index (χ1n) is 12.9. The highest BCUT2D eigenvalue weighted by molar-refractivity contribution is 5.97. The molecule has 0 fully saturated rings. The average molecular weight is 483 g/mol. The number of halogens is 2. The highest BCUT2D eigenvalue weighted by Gasteiger charge is 2.28. The topological polar surface area (TPSA) is 55.1 Å². The van der Waals surface area contributed by atoms with Crippen LogP contribution in [0.1, 0.15) is 94.1 Å². The van der Waals surface area contributed by atoms with Gasteiger partial charge in [-0.15, -0.1) is 0 Å². The molecule has 3 rings (SSSR count). The third kappa shape index (κ3) is 8.30. The highest BCUT2D eigenvalue weighted by Crippen LogP contribution is 2.29. The van der Waals surface area contributed by atoms with Gasteiger partial charge in [0.15, 0.2) is 5.76 Å². The Kier molecular flexibility index (Phi) is 10.9. The molecular formula is C29H36F2N2O2. The average Bonchev–Trinajstić information content (AvgIpc) is 3.32. The van der Waals surface area contributed by atoms with Gasteiger partial charge in [-0.3, -0.25) is 4.79 Å². The Morgan fingerprint density at radius 1 is 0.857 bits per heavy atom. The summed E-state index contributed by atoms with van der Waals surface area (Å²) >= 11 is 0. The molecule has 1 unspecified atom stereocenters. The standard InChI is InChI=1S/C29H36F2N2O2/c1-2-3-4-5-6-7-8-9-10-14-18-23-21-26(35-33-23)27(22-16-12-11-13-17-22)29(34)32-28-24(30)19-15-20-25(28)31/h11-13,15-17,19-21,27H,2-10,14,18H2,1H3,(H,32,34). The zero-order valence-corrected chi connectivity index (χ0v) is 20.6. The molecule has 2 aromatic carbocycles. The lowest BCUT2D eigenvalue weighted by Crippen LogP contribution is -2.23. The molecule has 0 bridgehead atoms. The van der Waals surface area contributed by atoms with Crippen LogP contribution in [0.5, 0.6) is 0 Å². The van der Waals surface area contributed by atoms with Gasteiger partial charge in [-0.1, -0.05) is 106 Å². The van der Waals surface area contributed by atoms with Crippen molar-refractivity contribution in [2.24, 2.45) is 0 Å². The van der Waals surface area contributed by atoms with Crippen molar-refractivity contribution < 1.29 is 18.1 Å². The van der Waals surface area contributed by atoms with E-state index in [9.17, 15) is 13.6 Å². The van der Waals surface area contributed by atoms with Gasteiger partial charge in [-0.2, -0.15) is 0 Å². The van der Waals surface area contributed by atoms with E-state index >= 15 is 0 Å². The van der Waals surface area contributed by atoms with Gasteiger partial charge in [0.25, 0.3) is 0 Å². The van der Waals surface area contributed by atoms with E-state index in [4.69, 9.17) is 4.52 Å². The molecule has 1 N–H and O–H groups in total. The Morgan fingerprint density at radius 2 is 1.46 bits per heavy atom. The van der Waals surface area contributed by atoms with Crippen LogP contribution in [0.25, 0.3) is 0 Å². The van der Waals surface area contributed by atoms with Crippen molar-refractivity contribution in [1.82, 2.24) is 5.16 Å². The van der Waals surface area contributed by atoms with E-state index in [1.165, 1.54) is 57.4 Å². The zero-order chi connectivity index (χ0) is 24.9. The Hall–Kier alpha value is -3.02. The lowest BCUT2D eigenvalue weighted by molar-refractivity contribution is -0.117. The summed E-state index contributed by atoms with van der Waals surface area (Å²) in [4.78, 5) is 13.1. The SMILES string of the molecule is CCCCCCCCCCCCc1cc(C(C(=O)Nc2c(F)cccc2F)c2ccccc2)on1. The van der Waals surface area contributed by atoms with Crippen LogP contribution in [0.15, 0.2) is 59.1 Å². The van der Waals surface area contributed by atoms with Crippen LogP contribution >= 0.6 is 0 Å². The predicted molar refractivity (Wildman–Crippen MR) is 135 cm³/mol. The molecule has 0 aliphatic rings. The van der Waals surface area contributed by atoms with Crippen LogP contribution in [0.4, 0.5) is 14.5 Å². The first kappa shape index (κ1) is 26.6. The molecule has 0 aliphatic carbocycles. The van der Waals surface area contributed by atoms with Gasteiger partial charge in [0.2, 0.25) is 5.91 Å². The monoisotopic (exact) mass is 482 g/mol. The van der Waals surface area contributed by atoms with Gasteiger partial charge in [-0.25, -0.2) is 8.78 Å². The molecule has 1 amide bonds. The fourth-order valence-electron chi connectivity index (χ4n) is 4.28. The number of aromatic nitrogens is 1. The van der Waals surface area contributed by atoms with Crippen molar-refractivity contribution in [2.75, 3.05) is 5.32 Å². The number of hydrogen-bond donors (Lipinski definition) is 1. The lowest BCUT2D eigenvalue weighted by atomic mass is 9.95. The smallest absolute Gasteiger partial charge is 0.239 e. The number of nitrogens with zero attached hydrogens (tertiary/aromatic N) is 1. The van der Waals surface area contributed by atoms with Crippen LogP contribution in [-0.4, -0.2) is 11.1 Å². The number of hydrogen-bond acceptors (Lipinski definition) is 3. The van der Waals surface area contributed by atoms with Crippen LogP contribution < -0.4 is 5.32 Å². The summed E-state index contributed by atoms with van der Waals surface area (Å²) in [5.74, 6) is -2.76. The Morgan fingerprint density at radius 3 is 2.09 bits per heavy atom. The summed E-state index contributed by atoms with van der Waals surface area (Å²) in [5.41, 5.74) is 0.970. The minimum Gasteiger partial charge on any atom is -0.360 e. The maximum atomic E-state index is 14.1. The van der Waals surface area contributed by atoms with Crippen LogP contribution in [0, 0.1) is 11.6 Å². The van der Waals surface area contributed by atoms with Crippen molar-refractivity contribution in [1.29, 1.82) is 0 Å². The van der Waals surface area contributed by atoms with Gasteiger partial charge in [0.05, 0.1) is 5.69 Å². The number of aryl methyl sites for hydroxylation is 1. The Bertz CT molecular complexity index is 1020. The zero-order valence-electron chi connectivity index (χ0n) is 20.6. The van der Waals surface area contributed by atoms with Gasteiger partial charge in [-0.05, 0) is 30.5 Å². The van der Waals surface area contributed by atoms with Crippen molar-refractivity contribution in [2.45, 2.75) is 83.5 Å². The minimum absolute atomic E-state index is 0.354. The normalized spacial score (nSPS) is 12.0. The van der Waals surface area contributed by atoms with Crippen molar-refractivity contribution in [3.05, 3.63) is 83.2 Å². The van der Waals surface area contributed by atoms with E-state index in [1.807, 2.05) is 6.07 Å². The number of nitrogens with one attached hydrogen (secondary N) is 1. The molecule has 0 radical (unpaired) electrons. The largest absolute Gasteiger partial charge is 0.360 e. The number of anilines is 1. The summed E-state index contributed by atoms with van der Waals surface area (Å²) in [6.45, 7) is 2.24. The first-order valence-corrected chi connectivity index (χ1v) is 12.9. The first-order chi connectivity index (χ1) is 17.1. The third-order valence-corrected chi connectivity index (χ3v) is 6.25. The number of amides is 1. The quantitative estimate of drug-likeness (QED) is 0.222. The summed E-state index contributed by atoms with van der Waals surface area (Å²) in [7, 11) is 0. The molecule has 1 heterocycles. The molecule has 4 nitrogen and oxygen atoms in total. The number of carbonyl (C=O) groups is 1. The molecule has 0 spiro atoms. The van der Waals surface area contributed by atoms with E-state index < -0.39 is 29.1 Å². The van der Waals surface area contributed by atoms with Crippen LogP contribution in [0.2, 0.25) is 0 Å². The molecule has 6 heteroatoms. The molecule has 188 valence electrons. The Labute approximate surface area is 207 Å².